The summed E-state index contributed by atoms with van der Waals surface area (Å²) in [5, 5.41) is 0. The van der Waals surface area contributed by atoms with E-state index >= 15 is 0 Å². The Morgan fingerprint density at radius 1 is 1.53 bits per heavy atom. The van der Waals surface area contributed by atoms with Crippen molar-refractivity contribution >= 4 is 30.0 Å². The number of nitrogens with zero attached hydrogens (tertiary/aromatic N) is 1. The smallest absolute Gasteiger partial charge is 0.337 e. The van der Waals surface area contributed by atoms with Gasteiger partial charge in [-0.2, -0.15) is 0 Å². The number of carbonyl (C=O) groups is 2. The van der Waals surface area contributed by atoms with E-state index in [-0.39, 0.29) is 24.9 Å². The number of likely N-dealkylation sites (N-methyl/N-ethyl adjacent to an activating group) is 1. The van der Waals surface area contributed by atoms with E-state index < -0.39 is 12.0 Å². The first-order valence-electron chi connectivity index (χ1n) is 5.43. The van der Waals surface area contributed by atoms with Gasteiger partial charge in [0, 0.05) is 7.05 Å². The SMILES string of the molecule is COC(=O)c1ccc2c(c1)N(C)C(=O)[C@@H](N)CO2.Cl. The lowest BCUT2D eigenvalue weighted by atomic mass is 10.1. The third-order valence-electron chi connectivity index (χ3n) is 2.81. The summed E-state index contributed by atoms with van der Waals surface area (Å²) < 4.78 is 10.1. The molecule has 0 aromatic heterocycles. The van der Waals surface area contributed by atoms with Crippen molar-refractivity contribution < 1.29 is 19.1 Å². The van der Waals surface area contributed by atoms with Gasteiger partial charge in [-0.15, -0.1) is 12.4 Å². The average molecular weight is 287 g/mol. The monoisotopic (exact) mass is 286 g/mol. The fourth-order valence-electron chi connectivity index (χ4n) is 1.76. The van der Waals surface area contributed by atoms with Crippen LogP contribution in [-0.2, 0) is 9.53 Å². The maximum Gasteiger partial charge on any atom is 0.337 e. The number of anilines is 1. The Hall–Kier alpha value is -1.79. The summed E-state index contributed by atoms with van der Waals surface area (Å²) in [5.41, 5.74) is 6.53. The minimum absolute atomic E-state index is 0. The molecule has 0 fully saturated rings. The van der Waals surface area contributed by atoms with Crippen molar-refractivity contribution in [2.24, 2.45) is 5.73 Å². The van der Waals surface area contributed by atoms with Gasteiger partial charge in [-0.1, -0.05) is 0 Å². The molecule has 7 heteroatoms. The van der Waals surface area contributed by atoms with Crippen molar-refractivity contribution in [1.82, 2.24) is 0 Å². The number of rotatable bonds is 1. The van der Waals surface area contributed by atoms with Crippen LogP contribution in [0, 0.1) is 0 Å². The van der Waals surface area contributed by atoms with E-state index in [9.17, 15) is 9.59 Å². The molecule has 0 saturated heterocycles. The van der Waals surface area contributed by atoms with Crippen LogP contribution in [0.25, 0.3) is 0 Å². The maximum absolute atomic E-state index is 11.9. The molecule has 1 atom stereocenters. The molecule has 1 aliphatic heterocycles. The van der Waals surface area contributed by atoms with Gasteiger partial charge in [0.25, 0.3) is 0 Å². The van der Waals surface area contributed by atoms with Crippen molar-refractivity contribution in [2.45, 2.75) is 6.04 Å². The van der Waals surface area contributed by atoms with Crippen LogP contribution < -0.4 is 15.4 Å². The predicted octanol–water partition coefficient (Wildman–Crippen LogP) is 0.577. The lowest BCUT2D eigenvalue weighted by molar-refractivity contribution is -0.119. The number of benzene rings is 1. The maximum atomic E-state index is 11.9. The van der Waals surface area contributed by atoms with E-state index in [0.29, 0.717) is 17.0 Å². The van der Waals surface area contributed by atoms with Crippen LogP contribution in [0.4, 0.5) is 5.69 Å². The minimum atomic E-state index is -0.705. The molecule has 19 heavy (non-hydrogen) atoms. The van der Waals surface area contributed by atoms with Gasteiger partial charge in [-0.3, -0.25) is 4.79 Å². The molecule has 1 aliphatic rings. The van der Waals surface area contributed by atoms with Gasteiger partial charge in [0.2, 0.25) is 5.91 Å². The largest absolute Gasteiger partial charge is 0.489 e. The van der Waals surface area contributed by atoms with Crippen molar-refractivity contribution in [2.75, 3.05) is 25.7 Å². The molecule has 1 aromatic carbocycles. The number of esters is 1. The van der Waals surface area contributed by atoms with E-state index in [1.807, 2.05) is 0 Å². The molecule has 6 nitrogen and oxygen atoms in total. The zero-order chi connectivity index (χ0) is 13.3. The first-order chi connectivity index (χ1) is 8.54. The third-order valence-corrected chi connectivity index (χ3v) is 2.81. The second kappa shape index (κ2) is 5.90. The topological polar surface area (TPSA) is 81.9 Å². The Bertz CT molecular complexity index is 507. The second-order valence-electron chi connectivity index (χ2n) is 3.99. The Morgan fingerprint density at radius 3 is 2.84 bits per heavy atom. The number of carbonyl (C=O) groups excluding carboxylic acids is 2. The fraction of sp³-hybridized carbons (Fsp3) is 0.333. The van der Waals surface area contributed by atoms with Crippen LogP contribution in [-0.4, -0.2) is 38.7 Å². The molecule has 0 bridgehead atoms. The lowest BCUT2D eigenvalue weighted by Gasteiger charge is -2.18. The van der Waals surface area contributed by atoms with Crippen molar-refractivity contribution in [3.8, 4) is 5.75 Å². The van der Waals surface area contributed by atoms with E-state index in [1.165, 1.54) is 12.0 Å². The highest BCUT2D eigenvalue weighted by Gasteiger charge is 2.27. The van der Waals surface area contributed by atoms with Gasteiger partial charge < -0.3 is 20.1 Å². The molecule has 2 rings (SSSR count). The predicted molar refractivity (Wildman–Crippen MR) is 71.9 cm³/mol. The molecular formula is C12H15ClN2O4. The van der Waals surface area contributed by atoms with Crippen LogP contribution >= 0.6 is 12.4 Å². The molecule has 2 N–H and O–H groups in total. The van der Waals surface area contributed by atoms with Gasteiger partial charge in [0.1, 0.15) is 18.4 Å². The molecule has 0 radical (unpaired) electrons. The number of ether oxygens (including phenoxy) is 2. The highest BCUT2D eigenvalue weighted by molar-refractivity contribution is 6.00. The van der Waals surface area contributed by atoms with Gasteiger partial charge in [0.15, 0.2) is 0 Å². The molecule has 104 valence electrons. The van der Waals surface area contributed by atoms with Crippen LogP contribution in [0.2, 0.25) is 0 Å². The molecule has 0 spiro atoms. The molecule has 0 aliphatic carbocycles. The molecule has 1 heterocycles. The summed E-state index contributed by atoms with van der Waals surface area (Å²) in [5.74, 6) is -0.200. The first kappa shape index (κ1) is 15.3. The van der Waals surface area contributed by atoms with Crippen LogP contribution in [0.3, 0.4) is 0 Å². The highest BCUT2D eigenvalue weighted by Crippen LogP contribution is 2.31. The second-order valence-corrected chi connectivity index (χ2v) is 3.99. The average Bonchev–Trinajstić information content (AvgIpc) is 2.50. The summed E-state index contributed by atoms with van der Waals surface area (Å²) in [7, 11) is 2.89. The molecule has 1 amide bonds. The van der Waals surface area contributed by atoms with Crippen LogP contribution in [0.15, 0.2) is 18.2 Å². The van der Waals surface area contributed by atoms with Gasteiger partial charge in [-0.05, 0) is 18.2 Å². The van der Waals surface area contributed by atoms with E-state index in [2.05, 4.69) is 4.74 Å². The Kier molecular flexibility index (Phi) is 4.74. The lowest BCUT2D eigenvalue weighted by Crippen LogP contribution is -2.43. The molecule has 0 unspecified atom stereocenters. The van der Waals surface area contributed by atoms with Gasteiger partial charge in [0.05, 0.1) is 18.4 Å². The number of hydrogen-bond acceptors (Lipinski definition) is 5. The minimum Gasteiger partial charge on any atom is -0.489 e. The van der Waals surface area contributed by atoms with E-state index in [1.54, 1.807) is 25.2 Å². The van der Waals surface area contributed by atoms with Crippen molar-refractivity contribution in [3.63, 3.8) is 0 Å². The van der Waals surface area contributed by atoms with Crippen LogP contribution in [0.1, 0.15) is 10.4 Å². The number of halogens is 1. The molecule has 1 aromatic rings. The zero-order valence-corrected chi connectivity index (χ0v) is 11.4. The van der Waals surface area contributed by atoms with E-state index in [4.69, 9.17) is 10.5 Å². The van der Waals surface area contributed by atoms with Crippen LogP contribution in [0.5, 0.6) is 5.75 Å². The number of methoxy groups -OCH3 is 1. The number of amides is 1. The number of nitrogens with two attached hydrogens (primary N) is 1. The van der Waals surface area contributed by atoms with Crippen molar-refractivity contribution in [3.05, 3.63) is 23.8 Å². The Labute approximate surface area is 116 Å². The zero-order valence-electron chi connectivity index (χ0n) is 10.6. The number of fused-ring (bicyclic) bond motifs is 1. The summed E-state index contributed by atoms with van der Waals surface area (Å²) in [6.07, 6.45) is 0. The van der Waals surface area contributed by atoms with Gasteiger partial charge in [-0.25, -0.2) is 4.79 Å². The van der Waals surface area contributed by atoms with E-state index in [0.717, 1.165) is 0 Å². The molecular weight excluding hydrogens is 272 g/mol. The highest BCUT2D eigenvalue weighted by atomic mass is 35.5. The van der Waals surface area contributed by atoms with Crippen molar-refractivity contribution in [1.29, 1.82) is 0 Å². The first-order valence-corrected chi connectivity index (χ1v) is 5.43. The van der Waals surface area contributed by atoms with Gasteiger partial charge >= 0.3 is 5.97 Å². The Balaban J connectivity index is 0.00000180. The summed E-state index contributed by atoms with van der Waals surface area (Å²) >= 11 is 0. The molecule has 0 saturated carbocycles. The summed E-state index contributed by atoms with van der Waals surface area (Å²) in [6.45, 7) is 0.119. The fourth-order valence-corrected chi connectivity index (χ4v) is 1.76. The quantitative estimate of drug-likeness (QED) is 0.764. The number of hydrogen-bond donors (Lipinski definition) is 1. The normalized spacial score (nSPS) is 17.7. The Morgan fingerprint density at radius 2 is 2.21 bits per heavy atom. The summed E-state index contributed by atoms with van der Waals surface area (Å²) in [6, 6.07) is 4.06. The third kappa shape index (κ3) is 2.80. The summed E-state index contributed by atoms with van der Waals surface area (Å²) in [4.78, 5) is 24.7. The standard InChI is InChI=1S/C12H14N2O4.ClH/c1-14-9-5-7(12(16)17-2)3-4-10(9)18-6-8(13)11(14)15;/h3-5,8H,6,13H2,1-2H3;1H/t8-;/m0./s1.